The van der Waals surface area contributed by atoms with Gasteiger partial charge in [0.25, 0.3) is 0 Å². The highest BCUT2D eigenvalue weighted by molar-refractivity contribution is 9.10. The molecule has 0 atom stereocenters. The zero-order valence-electron chi connectivity index (χ0n) is 20.2. The van der Waals surface area contributed by atoms with Crippen molar-refractivity contribution in [2.24, 2.45) is 0 Å². The zero-order valence-corrected chi connectivity index (χ0v) is 22.6. The molecule has 3 N–H and O–H groups in total. The third-order valence-corrected chi connectivity index (χ3v) is 7.11. The number of hydrogen-bond donors (Lipinski definition) is 3. The fourth-order valence-corrected chi connectivity index (χ4v) is 5.34. The van der Waals surface area contributed by atoms with Crippen molar-refractivity contribution in [3.63, 3.8) is 0 Å². The molecule has 0 radical (unpaired) electrons. The van der Waals surface area contributed by atoms with Gasteiger partial charge in [-0.3, -0.25) is 0 Å². The first kappa shape index (κ1) is 26.7. The van der Waals surface area contributed by atoms with Gasteiger partial charge in [0.2, 0.25) is 5.95 Å². The molecule has 0 unspecified atom stereocenters. The molecule has 0 spiro atoms. The molecule has 0 saturated heterocycles. The number of aryl methyl sites for hydroxylation is 1. The summed E-state index contributed by atoms with van der Waals surface area (Å²) in [7, 11) is 4.03. The molecule has 1 aromatic carbocycles. The monoisotopic (exact) mass is 586 g/mol. The minimum Gasteiger partial charge on any atom is -0.404 e. The molecule has 0 amide bonds. The predicted molar refractivity (Wildman–Crippen MR) is 143 cm³/mol. The van der Waals surface area contributed by atoms with Crippen molar-refractivity contribution >= 4 is 50.7 Å². The van der Waals surface area contributed by atoms with Crippen molar-refractivity contribution < 1.29 is 17.9 Å². The number of hydrogen-bond acceptors (Lipinski definition) is 6. The van der Waals surface area contributed by atoms with E-state index >= 15 is 0 Å². The molecular weight excluding hydrogens is 557 g/mol. The van der Waals surface area contributed by atoms with Gasteiger partial charge in [-0.15, -0.1) is 13.2 Å². The Bertz CT molecular complexity index is 1090. The quantitative estimate of drug-likeness (QED) is 0.367. The van der Waals surface area contributed by atoms with Crippen LogP contribution in [-0.4, -0.2) is 47.6 Å². The predicted octanol–water partition coefficient (Wildman–Crippen LogP) is 5.79. The number of nitrogens with one attached hydrogen (secondary N) is 3. The number of benzene rings is 1. The second-order valence-corrected chi connectivity index (χ2v) is 10.7. The van der Waals surface area contributed by atoms with Crippen LogP contribution in [0.5, 0.6) is 5.75 Å². The fraction of sp³-hybridized carbons (Fsp3) is 0.542. The van der Waals surface area contributed by atoms with Crippen LogP contribution in [0.25, 0.3) is 0 Å². The third-order valence-electron chi connectivity index (χ3n) is 6.40. The molecule has 12 heteroatoms. The van der Waals surface area contributed by atoms with Gasteiger partial charge in [-0.05, 0) is 81.8 Å². The molecule has 4 rings (SSSR count). The van der Waals surface area contributed by atoms with E-state index in [4.69, 9.17) is 22.2 Å². The Labute approximate surface area is 222 Å². The van der Waals surface area contributed by atoms with Crippen LogP contribution in [0.15, 0.2) is 22.7 Å². The van der Waals surface area contributed by atoms with Gasteiger partial charge in [0.15, 0.2) is 10.9 Å². The second kappa shape index (κ2) is 11.4. The standard InChI is InChI=1S/C24H30BrF3N6OS/c1-34(2)21-17-5-3-4-6-18(17)31-22(33-21)29-15-8-10-16(11-9-15)30-23(36)32-19-12-7-14(25)13-20(19)35-24(26,27)28/h7,12-13,15-16H,3-6,8-11H2,1-2H3,(H,29,31,33)(H2,30,32,36)/t15-,16+. The molecule has 36 heavy (non-hydrogen) atoms. The van der Waals surface area contributed by atoms with Crippen molar-refractivity contribution in [2.75, 3.05) is 29.6 Å². The number of thiocarbonyl (C=S) groups is 1. The van der Waals surface area contributed by atoms with Crippen molar-refractivity contribution in [1.82, 2.24) is 15.3 Å². The lowest BCUT2D eigenvalue weighted by Crippen LogP contribution is -2.42. The average Bonchev–Trinajstić information content (AvgIpc) is 2.80. The summed E-state index contributed by atoms with van der Waals surface area (Å²) in [4.78, 5) is 11.7. The van der Waals surface area contributed by atoms with Gasteiger partial charge in [-0.25, -0.2) is 4.98 Å². The summed E-state index contributed by atoms with van der Waals surface area (Å²) in [6.07, 6.45) is 3.07. The number of anilines is 3. The van der Waals surface area contributed by atoms with Gasteiger partial charge in [0.1, 0.15) is 5.82 Å². The summed E-state index contributed by atoms with van der Waals surface area (Å²) in [5, 5.41) is 9.85. The van der Waals surface area contributed by atoms with E-state index < -0.39 is 6.36 Å². The number of aromatic nitrogens is 2. The molecule has 0 aliphatic heterocycles. The highest BCUT2D eigenvalue weighted by Crippen LogP contribution is 2.33. The summed E-state index contributed by atoms with van der Waals surface area (Å²) in [6, 6.07) is 4.72. The van der Waals surface area contributed by atoms with E-state index in [1.807, 2.05) is 14.1 Å². The molecule has 2 aromatic rings. The van der Waals surface area contributed by atoms with E-state index in [-0.39, 0.29) is 28.6 Å². The third kappa shape index (κ3) is 7.12. The maximum Gasteiger partial charge on any atom is 0.573 e. The normalized spacial score (nSPS) is 19.7. The smallest absolute Gasteiger partial charge is 0.404 e. The number of nitrogens with zero attached hydrogens (tertiary/aromatic N) is 3. The fourth-order valence-electron chi connectivity index (χ4n) is 4.73. The van der Waals surface area contributed by atoms with Crippen LogP contribution in [0.2, 0.25) is 0 Å². The molecule has 1 fully saturated rings. The number of ether oxygens (including phenoxy) is 1. The van der Waals surface area contributed by atoms with E-state index in [0.29, 0.717) is 10.4 Å². The Morgan fingerprint density at radius 1 is 1.08 bits per heavy atom. The van der Waals surface area contributed by atoms with E-state index in [0.717, 1.165) is 56.5 Å². The number of halogens is 4. The maximum atomic E-state index is 12.8. The van der Waals surface area contributed by atoms with Gasteiger partial charge < -0.3 is 25.6 Å². The molecule has 1 aromatic heterocycles. The van der Waals surface area contributed by atoms with Gasteiger partial charge in [-0.2, -0.15) is 4.98 Å². The first-order chi connectivity index (χ1) is 17.1. The van der Waals surface area contributed by atoms with Crippen LogP contribution < -0.4 is 25.6 Å². The average molecular weight is 588 g/mol. The molecule has 196 valence electrons. The van der Waals surface area contributed by atoms with Crippen LogP contribution in [0.3, 0.4) is 0 Å². The van der Waals surface area contributed by atoms with E-state index in [2.05, 4.69) is 41.5 Å². The highest BCUT2D eigenvalue weighted by Gasteiger charge is 2.32. The maximum absolute atomic E-state index is 12.8. The zero-order chi connectivity index (χ0) is 25.9. The van der Waals surface area contributed by atoms with Gasteiger partial charge in [0, 0.05) is 36.2 Å². The minimum atomic E-state index is -4.80. The lowest BCUT2D eigenvalue weighted by Gasteiger charge is -2.31. The molecule has 1 heterocycles. The number of fused-ring (bicyclic) bond motifs is 1. The first-order valence-corrected chi connectivity index (χ1v) is 13.2. The van der Waals surface area contributed by atoms with E-state index in [1.54, 1.807) is 6.07 Å². The van der Waals surface area contributed by atoms with Gasteiger partial charge >= 0.3 is 6.36 Å². The first-order valence-electron chi connectivity index (χ1n) is 12.0. The Morgan fingerprint density at radius 2 is 1.78 bits per heavy atom. The van der Waals surface area contributed by atoms with Crippen molar-refractivity contribution in [3.8, 4) is 5.75 Å². The summed E-state index contributed by atoms with van der Waals surface area (Å²) in [6.45, 7) is 0. The molecule has 7 nitrogen and oxygen atoms in total. The van der Waals surface area contributed by atoms with Gasteiger partial charge in [-0.1, -0.05) is 15.9 Å². The van der Waals surface area contributed by atoms with E-state index in [1.165, 1.54) is 24.1 Å². The summed E-state index contributed by atoms with van der Waals surface area (Å²) < 4.78 is 42.9. The lowest BCUT2D eigenvalue weighted by molar-refractivity contribution is -0.274. The van der Waals surface area contributed by atoms with Crippen LogP contribution in [0, 0.1) is 0 Å². The van der Waals surface area contributed by atoms with Crippen molar-refractivity contribution in [2.45, 2.75) is 69.8 Å². The topological polar surface area (TPSA) is 74.3 Å². The molecule has 2 aliphatic rings. The molecule has 2 aliphatic carbocycles. The number of rotatable bonds is 6. The highest BCUT2D eigenvalue weighted by atomic mass is 79.9. The Morgan fingerprint density at radius 3 is 2.47 bits per heavy atom. The molecule has 0 bridgehead atoms. The van der Waals surface area contributed by atoms with E-state index in [9.17, 15) is 13.2 Å². The van der Waals surface area contributed by atoms with Crippen molar-refractivity contribution in [1.29, 1.82) is 0 Å². The SMILES string of the molecule is CN(C)c1nc(N[C@H]2CC[C@@H](NC(=S)Nc3ccc(Br)cc3OC(F)(F)F)CC2)nc2c1CCCC2. The van der Waals surface area contributed by atoms with Crippen LogP contribution in [-0.2, 0) is 12.8 Å². The Balaban J connectivity index is 1.31. The lowest BCUT2D eigenvalue weighted by atomic mass is 9.91. The summed E-state index contributed by atoms with van der Waals surface area (Å²) >= 11 is 8.54. The minimum absolute atomic E-state index is 0.118. The number of alkyl halides is 3. The molecule has 1 saturated carbocycles. The van der Waals surface area contributed by atoms with Crippen LogP contribution >= 0.6 is 28.1 Å². The van der Waals surface area contributed by atoms with Crippen LogP contribution in [0.4, 0.5) is 30.6 Å². The van der Waals surface area contributed by atoms with Gasteiger partial charge in [0.05, 0.1) is 11.4 Å². The second-order valence-electron chi connectivity index (χ2n) is 9.38. The van der Waals surface area contributed by atoms with Crippen LogP contribution in [0.1, 0.15) is 49.8 Å². The Hall–Kier alpha value is -2.34. The largest absolute Gasteiger partial charge is 0.573 e. The van der Waals surface area contributed by atoms with Crippen molar-refractivity contribution in [3.05, 3.63) is 33.9 Å². The molecular formula is C24H30BrF3N6OS. The summed E-state index contributed by atoms with van der Waals surface area (Å²) in [5.41, 5.74) is 2.56. The Kier molecular flexibility index (Phi) is 8.44. The summed E-state index contributed by atoms with van der Waals surface area (Å²) in [5.74, 6) is 1.33.